The van der Waals surface area contributed by atoms with Gasteiger partial charge >= 0.3 is 0 Å². The molecule has 0 heterocycles. The molecule has 0 aliphatic heterocycles. The fraction of sp³-hybridized carbons (Fsp3) is 0.143. The van der Waals surface area contributed by atoms with Crippen LogP contribution in [-0.2, 0) is 0 Å². The molecule has 2 rings (SSSR count). The van der Waals surface area contributed by atoms with Crippen molar-refractivity contribution in [1.82, 2.24) is 0 Å². The molecule has 0 radical (unpaired) electrons. The molecule has 2 nitrogen and oxygen atoms in total. The number of para-hydroxylation sites is 1. The van der Waals surface area contributed by atoms with E-state index in [4.69, 9.17) is 27.9 Å². The zero-order valence-electron chi connectivity index (χ0n) is 9.73. The van der Waals surface area contributed by atoms with Gasteiger partial charge in [-0.2, -0.15) is 0 Å². The highest BCUT2D eigenvalue weighted by Crippen LogP contribution is 2.32. The summed E-state index contributed by atoms with van der Waals surface area (Å²) in [6, 6.07) is 12.3. The van der Waals surface area contributed by atoms with E-state index >= 15 is 0 Å². The van der Waals surface area contributed by atoms with Crippen molar-refractivity contribution in [3.63, 3.8) is 0 Å². The number of aliphatic hydroxyl groups excluding tert-OH is 1. The first-order chi connectivity index (χ1) is 8.58. The van der Waals surface area contributed by atoms with Crippen LogP contribution in [-0.4, -0.2) is 5.11 Å². The Morgan fingerprint density at radius 2 is 1.78 bits per heavy atom. The van der Waals surface area contributed by atoms with E-state index in [0.717, 1.165) is 0 Å². The van der Waals surface area contributed by atoms with Crippen molar-refractivity contribution in [2.75, 3.05) is 0 Å². The largest absolute Gasteiger partial charge is 0.456 e. The molecule has 0 spiro atoms. The summed E-state index contributed by atoms with van der Waals surface area (Å²) in [5, 5.41) is 10.5. The highest BCUT2D eigenvalue weighted by atomic mass is 35.5. The maximum atomic E-state index is 9.48. The van der Waals surface area contributed by atoms with Gasteiger partial charge in [0.25, 0.3) is 0 Å². The minimum atomic E-state index is -0.605. The standard InChI is InChI=1S/C14H12Cl2O2/c1-9(17)11-7-6-10(8-13(11)16)18-14-5-3-2-4-12(14)15/h2-9,17H,1H3. The highest BCUT2D eigenvalue weighted by molar-refractivity contribution is 6.32. The third-order valence-electron chi connectivity index (χ3n) is 2.49. The summed E-state index contributed by atoms with van der Waals surface area (Å²) in [6.07, 6.45) is -0.605. The molecule has 1 unspecified atom stereocenters. The lowest BCUT2D eigenvalue weighted by Gasteiger charge is -2.11. The lowest BCUT2D eigenvalue weighted by Crippen LogP contribution is -1.93. The molecule has 0 aliphatic rings. The minimum Gasteiger partial charge on any atom is -0.456 e. The molecule has 0 fully saturated rings. The molecule has 1 atom stereocenters. The van der Waals surface area contributed by atoms with Gasteiger partial charge in [-0.1, -0.05) is 41.4 Å². The molecule has 2 aromatic carbocycles. The summed E-state index contributed by atoms with van der Waals surface area (Å²) in [5.41, 5.74) is 0.670. The zero-order chi connectivity index (χ0) is 13.1. The zero-order valence-corrected chi connectivity index (χ0v) is 11.2. The highest BCUT2D eigenvalue weighted by Gasteiger charge is 2.09. The van der Waals surface area contributed by atoms with Crippen LogP contribution in [0, 0.1) is 0 Å². The first-order valence-corrected chi connectivity index (χ1v) is 6.23. The summed E-state index contributed by atoms with van der Waals surface area (Å²) in [5.74, 6) is 1.15. The average Bonchev–Trinajstić information content (AvgIpc) is 2.32. The maximum Gasteiger partial charge on any atom is 0.146 e. The molecule has 18 heavy (non-hydrogen) atoms. The van der Waals surface area contributed by atoms with Gasteiger partial charge in [0, 0.05) is 0 Å². The van der Waals surface area contributed by atoms with Gasteiger partial charge in [-0.3, -0.25) is 0 Å². The Balaban J connectivity index is 2.26. The summed E-state index contributed by atoms with van der Waals surface area (Å²) in [7, 11) is 0. The summed E-state index contributed by atoms with van der Waals surface area (Å²) >= 11 is 12.1. The topological polar surface area (TPSA) is 29.5 Å². The SMILES string of the molecule is CC(O)c1ccc(Oc2ccccc2Cl)cc1Cl. The number of hydrogen-bond acceptors (Lipinski definition) is 2. The first kappa shape index (κ1) is 13.2. The fourth-order valence-electron chi connectivity index (χ4n) is 1.56. The molecular weight excluding hydrogens is 271 g/mol. The second-order valence-electron chi connectivity index (χ2n) is 3.89. The Labute approximate surface area is 116 Å². The Bertz CT molecular complexity index is 553. The van der Waals surface area contributed by atoms with Crippen LogP contribution in [0.5, 0.6) is 11.5 Å². The van der Waals surface area contributed by atoms with E-state index in [-0.39, 0.29) is 0 Å². The Kier molecular flexibility index (Phi) is 4.12. The molecule has 0 aromatic heterocycles. The molecule has 0 amide bonds. The van der Waals surface area contributed by atoms with Gasteiger partial charge in [-0.15, -0.1) is 0 Å². The van der Waals surface area contributed by atoms with E-state index < -0.39 is 6.10 Å². The maximum absolute atomic E-state index is 9.48. The van der Waals surface area contributed by atoms with Crippen LogP contribution in [0.15, 0.2) is 42.5 Å². The molecule has 0 aliphatic carbocycles. The van der Waals surface area contributed by atoms with Crippen LogP contribution in [0.2, 0.25) is 10.0 Å². The van der Waals surface area contributed by atoms with Crippen LogP contribution in [0.4, 0.5) is 0 Å². The van der Waals surface area contributed by atoms with E-state index in [1.54, 1.807) is 37.3 Å². The number of benzene rings is 2. The van der Waals surface area contributed by atoms with Gasteiger partial charge < -0.3 is 9.84 Å². The van der Waals surface area contributed by atoms with Crippen molar-refractivity contribution in [3.05, 3.63) is 58.1 Å². The lowest BCUT2D eigenvalue weighted by atomic mass is 10.1. The molecule has 4 heteroatoms. The van der Waals surface area contributed by atoms with Crippen LogP contribution in [0.1, 0.15) is 18.6 Å². The number of rotatable bonds is 3. The van der Waals surface area contributed by atoms with Crippen LogP contribution < -0.4 is 4.74 Å². The first-order valence-electron chi connectivity index (χ1n) is 5.48. The predicted octanol–water partition coefficient (Wildman–Crippen LogP) is 4.84. The number of hydrogen-bond donors (Lipinski definition) is 1. The van der Waals surface area contributed by atoms with Crippen LogP contribution in [0.3, 0.4) is 0 Å². The molecular formula is C14H12Cl2O2. The molecule has 1 N–H and O–H groups in total. The molecule has 2 aromatic rings. The van der Waals surface area contributed by atoms with Crippen molar-refractivity contribution >= 4 is 23.2 Å². The van der Waals surface area contributed by atoms with Crippen LogP contribution in [0.25, 0.3) is 0 Å². The average molecular weight is 283 g/mol. The van der Waals surface area contributed by atoms with Crippen molar-refractivity contribution in [3.8, 4) is 11.5 Å². The Morgan fingerprint density at radius 1 is 1.06 bits per heavy atom. The smallest absolute Gasteiger partial charge is 0.146 e. The summed E-state index contributed by atoms with van der Waals surface area (Å²) < 4.78 is 5.63. The van der Waals surface area contributed by atoms with Crippen LogP contribution >= 0.6 is 23.2 Å². The van der Waals surface area contributed by atoms with Crippen molar-refractivity contribution in [2.24, 2.45) is 0 Å². The third kappa shape index (κ3) is 2.96. The molecule has 0 saturated carbocycles. The number of halogens is 2. The second-order valence-corrected chi connectivity index (χ2v) is 4.71. The van der Waals surface area contributed by atoms with E-state index in [2.05, 4.69) is 0 Å². The predicted molar refractivity (Wildman–Crippen MR) is 73.6 cm³/mol. The fourth-order valence-corrected chi connectivity index (χ4v) is 2.07. The van der Waals surface area contributed by atoms with Gasteiger partial charge in [-0.25, -0.2) is 0 Å². The van der Waals surface area contributed by atoms with E-state index in [0.29, 0.717) is 27.1 Å². The molecule has 94 valence electrons. The van der Waals surface area contributed by atoms with Gasteiger partial charge in [0.15, 0.2) is 0 Å². The van der Waals surface area contributed by atoms with Crippen molar-refractivity contribution in [2.45, 2.75) is 13.0 Å². The Hall–Kier alpha value is -1.22. The quantitative estimate of drug-likeness (QED) is 0.873. The lowest BCUT2D eigenvalue weighted by molar-refractivity contribution is 0.199. The van der Waals surface area contributed by atoms with Gasteiger partial charge in [0.2, 0.25) is 0 Å². The van der Waals surface area contributed by atoms with Crippen molar-refractivity contribution < 1.29 is 9.84 Å². The van der Waals surface area contributed by atoms with Crippen molar-refractivity contribution in [1.29, 1.82) is 0 Å². The number of aliphatic hydroxyl groups is 1. The number of ether oxygens (including phenoxy) is 1. The van der Waals surface area contributed by atoms with E-state index in [9.17, 15) is 5.11 Å². The Morgan fingerprint density at radius 3 is 2.39 bits per heavy atom. The summed E-state index contributed by atoms with van der Waals surface area (Å²) in [4.78, 5) is 0. The second kappa shape index (κ2) is 5.61. The minimum absolute atomic E-state index is 0.467. The molecule has 0 bridgehead atoms. The normalized spacial score (nSPS) is 12.2. The van der Waals surface area contributed by atoms with E-state index in [1.165, 1.54) is 0 Å². The summed E-state index contributed by atoms with van der Waals surface area (Å²) in [6.45, 7) is 1.66. The van der Waals surface area contributed by atoms with E-state index in [1.807, 2.05) is 12.1 Å². The third-order valence-corrected chi connectivity index (χ3v) is 3.13. The van der Waals surface area contributed by atoms with Gasteiger partial charge in [0.1, 0.15) is 11.5 Å². The van der Waals surface area contributed by atoms with Gasteiger partial charge in [0.05, 0.1) is 16.1 Å². The van der Waals surface area contributed by atoms with Gasteiger partial charge in [-0.05, 0) is 36.8 Å². The monoisotopic (exact) mass is 282 g/mol. The molecule has 0 saturated heterocycles.